The number of halogens is 1. The van der Waals surface area contributed by atoms with Crippen molar-refractivity contribution in [3.05, 3.63) is 38.7 Å². The predicted octanol–water partition coefficient (Wildman–Crippen LogP) is 2.00. The first-order valence-corrected chi connectivity index (χ1v) is 5.02. The van der Waals surface area contributed by atoms with Crippen LogP contribution in [0.25, 0.3) is 11.0 Å². The minimum atomic E-state index is -0.0515. The van der Waals surface area contributed by atoms with Crippen molar-refractivity contribution < 1.29 is 0 Å². The fraction of sp³-hybridized carbons (Fsp3) is 0.200. The number of hydrogen-bond acceptors (Lipinski definition) is 2. The van der Waals surface area contributed by atoms with Crippen molar-refractivity contribution >= 4 is 27.0 Å². The Labute approximate surface area is 89.5 Å². The highest BCUT2D eigenvalue weighted by Gasteiger charge is 2.06. The smallest absolute Gasteiger partial charge is 0.272 e. The Kier molecular flexibility index (Phi) is 2.15. The van der Waals surface area contributed by atoms with E-state index in [1.807, 2.05) is 18.2 Å². The van der Waals surface area contributed by atoms with Crippen molar-refractivity contribution in [1.82, 2.24) is 9.55 Å². The molecule has 0 spiro atoms. The molecular weight excluding hydrogens is 244 g/mol. The lowest BCUT2D eigenvalue weighted by atomic mass is 10.3. The molecule has 0 aliphatic carbocycles. The summed E-state index contributed by atoms with van der Waals surface area (Å²) >= 11 is 3.41. The molecule has 0 fully saturated rings. The minimum Gasteiger partial charge on any atom is -0.307 e. The Bertz CT molecular complexity index is 560. The predicted molar refractivity (Wildman–Crippen MR) is 59.4 cm³/mol. The molecule has 0 radical (unpaired) electrons. The van der Waals surface area contributed by atoms with Crippen LogP contribution in [0.3, 0.4) is 0 Å². The maximum atomic E-state index is 11.6. The summed E-state index contributed by atoms with van der Waals surface area (Å²) in [5.41, 5.74) is 2.14. The summed E-state index contributed by atoms with van der Waals surface area (Å²) < 4.78 is 2.50. The van der Waals surface area contributed by atoms with Crippen LogP contribution in [0.4, 0.5) is 0 Å². The van der Waals surface area contributed by atoms with Crippen LogP contribution >= 0.6 is 15.9 Å². The zero-order valence-corrected chi connectivity index (χ0v) is 9.50. The fourth-order valence-electron chi connectivity index (χ4n) is 1.50. The van der Waals surface area contributed by atoms with Crippen molar-refractivity contribution in [2.24, 2.45) is 7.05 Å². The summed E-state index contributed by atoms with van der Waals surface area (Å²) in [6.07, 6.45) is 0. The first-order chi connectivity index (χ1) is 6.61. The van der Waals surface area contributed by atoms with Crippen LogP contribution in [0.1, 0.15) is 5.69 Å². The van der Waals surface area contributed by atoms with Crippen LogP contribution < -0.4 is 5.56 Å². The average Bonchev–Trinajstić information content (AvgIpc) is 2.14. The van der Waals surface area contributed by atoms with Gasteiger partial charge in [0.1, 0.15) is 5.69 Å². The van der Waals surface area contributed by atoms with Crippen molar-refractivity contribution in [1.29, 1.82) is 0 Å². The molecule has 0 saturated heterocycles. The van der Waals surface area contributed by atoms with Crippen molar-refractivity contribution in [2.75, 3.05) is 0 Å². The fourth-order valence-corrected chi connectivity index (χ4v) is 2.12. The van der Waals surface area contributed by atoms with E-state index in [-0.39, 0.29) is 5.56 Å². The summed E-state index contributed by atoms with van der Waals surface area (Å²) in [5.74, 6) is 0. The molecule has 4 heteroatoms. The average molecular weight is 253 g/mol. The third-order valence-electron chi connectivity index (χ3n) is 2.20. The monoisotopic (exact) mass is 252 g/mol. The van der Waals surface area contributed by atoms with Gasteiger partial charge < -0.3 is 4.57 Å². The largest absolute Gasteiger partial charge is 0.307 e. The van der Waals surface area contributed by atoms with Crippen LogP contribution in [0, 0.1) is 6.92 Å². The van der Waals surface area contributed by atoms with Crippen LogP contribution in [-0.2, 0) is 7.05 Å². The number of hydrogen-bond donors (Lipinski definition) is 0. The molecule has 0 amide bonds. The van der Waals surface area contributed by atoms with Crippen LogP contribution in [0.5, 0.6) is 0 Å². The van der Waals surface area contributed by atoms with Crippen molar-refractivity contribution in [3.8, 4) is 0 Å². The molecule has 0 unspecified atom stereocenters. The van der Waals surface area contributed by atoms with Gasteiger partial charge in [-0.15, -0.1) is 0 Å². The van der Waals surface area contributed by atoms with E-state index in [0.717, 1.165) is 15.5 Å². The molecule has 0 atom stereocenters. The molecule has 2 rings (SSSR count). The van der Waals surface area contributed by atoms with Gasteiger partial charge in [-0.3, -0.25) is 4.79 Å². The lowest BCUT2D eigenvalue weighted by Crippen LogP contribution is -2.21. The zero-order chi connectivity index (χ0) is 10.3. The molecule has 72 valence electrons. The summed E-state index contributed by atoms with van der Waals surface area (Å²) in [6.45, 7) is 1.72. The van der Waals surface area contributed by atoms with Gasteiger partial charge in [-0.2, -0.15) is 0 Å². The van der Waals surface area contributed by atoms with Gasteiger partial charge in [0.2, 0.25) is 0 Å². The first-order valence-electron chi connectivity index (χ1n) is 4.23. The molecule has 1 aromatic heterocycles. The van der Waals surface area contributed by atoms with E-state index in [0.29, 0.717) is 5.69 Å². The van der Waals surface area contributed by atoms with Gasteiger partial charge in [0.25, 0.3) is 5.56 Å². The number of nitrogens with zero attached hydrogens (tertiary/aromatic N) is 2. The highest BCUT2D eigenvalue weighted by Crippen LogP contribution is 2.20. The Balaban J connectivity index is 3.07. The molecule has 0 N–H and O–H groups in total. The number of fused-ring (bicyclic) bond motifs is 1. The van der Waals surface area contributed by atoms with E-state index in [1.165, 1.54) is 0 Å². The van der Waals surface area contributed by atoms with Crippen LogP contribution in [0.15, 0.2) is 27.5 Å². The van der Waals surface area contributed by atoms with Gasteiger partial charge in [-0.05, 0) is 35.0 Å². The summed E-state index contributed by atoms with van der Waals surface area (Å²) in [7, 11) is 1.75. The van der Waals surface area contributed by atoms with Crippen molar-refractivity contribution in [2.45, 2.75) is 6.92 Å². The number of benzene rings is 1. The van der Waals surface area contributed by atoms with Gasteiger partial charge in [0.05, 0.1) is 11.0 Å². The molecule has 3 nitrogen and oxygen atoms in total. The SMILES string of the molecule is Cc1nc2cccc(Br)c2n(C)c1=O. The maximum absolute atomic E-state index is 11.6. The maximum Gasteiger partial charge on any atom is 0.272 e. The first kappa shape index (κ1) is 9.40. The Morgan fingerprint density at radius 2 is 2.14 bits per heavy atom. The van der Waals surface area contributed by atoms with Gasteiger partial charge in [-0.1, -0.05) is 6.07 Å². The number of aromatic nitrogens is 2. The molecular formula is C10H9BrN2O. The van der Waals surface area contributed by atoms with Crippen LogP contribution in [0.2, 0.25) is 0 Å². The quantitative estimate of drug-likeness (QED) is 0.719. The highest BCUT2D eigenvalue weighted by atomic mass is 79.9. The third-order valence-corrected chi connectivity index (χ3v) is 2.84. The molecule has 1 aromatic carbocycles. The van der Waals surface area contributed by atoms with E-state index < -0.39 is 0 Å². The second-order valence-corrected chi connectivity index (χ2v) is 4.02. The van der Waals surface area contributed by atoms with Gasteiger partial charge in [-0.25, -0.2) is 4.98 Å². The van der Waals surface area contributed by atoms with Crippen LogP contribution in [-0.4, -0.2) is 9.55 Å². The topological polar surface area (TPSA) is 34.9 Å². The summed E-state index contributed by atoms with van der Waals surface area (Å²) in [5, 5.41) is 0. The third kappa shape index (κ3) is 1.26. The standard InChI is InChI=1S/C10H9BrN2O/c1-6-10(14)13(2)9-7(11)4-3-5-8(9)12-6/h3-5H,1-2H3. The number of para-hydroxylation sites is 1. The van der Waals surface area contributed by atoms with E-state index in [4.69, 9.17) is 0 Å². The highest BCUT2D eigenvalue weighted by molar-refractivity contribution is 9.10. The minimum absolute atomic E-state index is 0.0515. The zero-order valence-electron chi connectivity index (χ0n) is 7.91. The molecule has 0 saturated carbocycles. The number of rotatable bonds is 0. The normalized spacial score (nSPS) is 10.8. The van der Waals surface area contributed by atoms with E-state index in [2.05, 4.69) is 20.9 Å². The molecule has 2 aromatic rings. The van der Waals surface area contributed by atoms with Gasteiger partial charge in [0, 0.05) is 11.5 Å². The lowest BCUT2D eigenvalue weighted by Gasteiger charge is -2.06. The second kappa shape index (κ2) is 3.20. The van der Waals surface area contributed by atoms with Crippen molar-refractivity contribution in [3.63, 3.8) is 0 Å². The molecule has 0 aliphatic rings. The molecule has 14 heavy (non-hydrogen) atoms. The van der Waals surface area contributed by atoms with Gasteiger partial charge >= 0.3 is 0 Å². The Morgan fingerprint density at radius 1 is 1.43 bits per heavy atom. The second-order valence-electron chi connectivity index (χ2n) is 3.17. The Hall–Kier alpha value is -1.16. The lowest BCUT2D eigenvalue weighted by molar-refractivity contribution is 0.870. The van der Waals surface area contributed by atoms with E-state index >= 15 is 0 Å². The summed E-state index contributed by atoms with van der Waals surface area (Å²) in [6, 6.07) is 5.70. The molecule has 0 aliphatic heterocycles. The van der Waals surface area contributed by atoms with E-state index in [1.54, 1.807) is 18.5 Å². The molecule has 1 heterocycles. The molecule has 0 bridgehead atoms. The Morgan fingerprint density at radius 3 is 2.86 bits per heavy atom. The summed E-state index contributed by atoms with van der Waals surface area (Å²) in [4.78, 5) is 15.8. The number of aryl methyl sites for hydroxylation is 2. The van der Waals surface area contributed by atoms with Gasteiger partial charge in [0.15, 0.2) is 0 Å². The van der Waals surface area contributed by atoms with E-state index in [9.17, 15) is 4.79 Å².